The summed E-state index contributed by atoms with van der Waals surface area (Å²) in [6, 6.07) is 17.7. The topological polar surface area (TPSA) is 12.0 Å². The molecule has 0 aromatic heterocycles. The van der Waals surface area contributed by atoms with Crippen LogP contribution in [-0.4, -0.2) is 7.05 Å². The highest BCUT2D eigenvalue weighted by molar-refractivity contribution is 9.10. The third kappa shape index (κ3) is 3.71. The number of hydrogen-bond acceptors (Lipinski definition) is 1. The Morgan fingerprint density at radius 1 is 0.950 bits per heavy atom. The first kappa shape index (κ1) is 15.3. The number of benzene rings is 2. The molecule has 0 aliphatic heterocycles. The van der Waals surface area contributed by atoms with E-state index in [4.69, 9.17) is 0 Å². The summed E-state index contributed by atoms with van der Waals surface area (Å²) in [5.74, 6) is 0.584. The van der Waals surface area contributed by atoms with Crippen molar-refractivity contribution < 1.29 is 0 Å². The minimum absolute atomic E-state index is 0.343. The Labute approximate surface area is 130 Å². The quantitative estimate of drug-likeness (QED) is 0.805. The number of halogens is 1. The molecule has 2 aromatic carbocycles. The summed E-state index contributed by atoms with van der Waals surface area (Å²) in [4.78, 5) is 0. The Hall–Kier alpha value is -1.12. The van der Waals surface area contributed by atoms with Crippen molar-refractivity contribution >= 4 is 15.9 Å². The molecule has 0 saturated carbocycles. The van der Waals surface area contributed by atoms with Crippen molar-refractivity contribution in [1.29, 1.82) is 0 Å². The van der Waals surface area contributed by atoms with Gasteiger partial charge in [0.25, 0.3) is 0 Å². The first-order chi connectivity index (χ1) is 9.61. The molecule has 0 bridgehead atoms. The van der Waals surface area contributed by atoms with Crippen LogP contribution in [0, 0.1) is 0 Å². The molecule has 1 N–H and O–H groups in total. The molecule has 0 saturated heterocycles. The molecule has 2 aromatic rings. The maximum absolute atomic E-state index is 3.63. The lowest BCUT2D eigenvalue weighted by Crippen LogP contribution is -2.19. The second-order valence-electron chi connectivity index (χ2n) is 5.46. The van der Waals surface area contributed by atoms with E-state index < -0.39 is 0 Å². The van der Waals surface area contributed by atoms with Crippen LogP contribution in [0.5, 0.6) is 0 Å². The fourth-order valence-electron chi connectivity index (χ4n) is 2.38. The van der Waals surface area contributed by atoms with Crippen molar-refractivity contribution in [3.63, 3.8) is 0 Å². The summed E-state index contributed by atoms with van der Waals surface area (Å²) in [5.41, 5.74) is 4.07. The fraction of sp³-hybridized carbons (Fsp3) is 0.333. The molecule has 0 amide bonds. The largest absolute Gasteiger partial charge is 0.313 e. The van der Waals surface area contributed by atoms with E-state index in [1.165, 1.54) is 21.2 Å². The monoisotopic (exact) mass is 331 g/mol. The molecule has 106 valence electrons. The van der Waals surface area contributed by atoms with Gasteiger partial charge in [-0.15, -0.1) is 0 Å². The van der Waals surface area contributed by atoms with Crippen molar-refractivity contribution in [1.82, 2.24) is 5.32 Å². The molecule has 0 radical (unpaired) electrons. The van der Waals surface area contributed by atoms with Gasteiger partial charge in [0.05, 0.1) is 0 Å². The molecule has 0 spiro atoms. The van der Waals surface area contributed by atoms with Gasteiger partial charge < -0.3 is 5.32 Å². The molecule has 0 aliphatic carbocycles. The minimum atomic E-state index is 0.343. The summed E-state index contributed by atoms with van der Waals surface area (Å²) in [5, 5.41) is 3.42. The van der Waals surface area contributed by atoms with Gasteiger partial charge in [0.1, 0.15) is 0 Å². The number of rotatable bonds is 5. The van der Waals surface area contributed by atoms with Crippen LogP contribution < -0.4 is 5.32 Å². The average molecular weight is 332 g/mol. The van der Waals surface area contributed by atoms with Crippen LogP contribution >= 0.6 is 15.9 Å². The van der Waals surface area contributed by atoms with Gasteiger partial charge in [-0.2, -0.15) is 0 Å². The van der Waals surface area contributed by atoms with Crippen LogP contribution in [0.1, 0.15) is 42.5 Å². The standard InChI is InChI=1S/C18H22BrN/c1-13(2)14-8-10-15(11-9-14)18(20-3)12-16-6-4-5-7-17(16)19/h4-11,13,18,20H,12H2,1-3H3. The van der Waals surface area contributed by atoms with Crippen molar-refractivity contribution in [3.05, 3.63) is 69.7 Å². The van der Waals surface area contributed by atoms with E-state index in [9.17, 15) is 0 Å². The first-order valence-electron chi connectivity index (χ1n) is 7.12. The number of hydrogen-bond donors (Lipinski definition) is 1. The third-order valence-electron chi connectivity index (χ3n) is 3.74. The molecule has 0 fully saturated rings. The van der Waals surface area contributed by atoms with Gasteiger partial charge in [0, 0.05) is 10.5 Å². The van der Waals surface area contributed by atoms with E-state index in [-0.39, 0.29) is 0 Å². The highest BCUT2D eigenvalue weighted by atomic mass is 79.9. The van der Waals surface area contributed by atoms with Gasteiger partial charge >= 0.3 is 0 Å². The summed E-state index contributed by atoms with van der Waals surface area (Å²) in [7, 11) is 2.03. The number of likely N-dealkylation sites (N-methyl/N-ethyl adjacent to an activating group) is 1. The van der Waals surface area contributed by atoms with E-state index in [0.717, 1.165) is 6.42 Å². The second-order valence-corrected chi connectivity index (χ2v) is 6.31. The zero-order chi connectivity index (χ0) is 14.5. The minimum Gasteiger partial charge on any atom is -0.313 e. The summed E-state index contributed by atoms with van der Waals surface area (Å²) in [6.45, 7) is 4.46. The zero-order valence-electron chi connectivity index (χ0n) is 12.4. The molecule has 2 rings (SSSR count). The Morgan fingerprint density at radius 2 is 1.55 bits per heavy atom. The summed E-state index contributed by atoms with van der Waals surface area (Å²) >= 11 is 3.63. The lowest BCUT2D eigenvalue weighted by molar-refractivity contribution is 0.590. The van der Waals surface area contributed by atoms with E-state index in [1.807, 2.05) is 7.05 Å². The van der Waals surface area contributed by atoms with Gasteiger partial charge in [-0.05, 0) is 42.1 Å². The van der Waals surface area contributed by atoms with Crippen LogP contribution in [0.3, 0.4) is 0 Å². The third-order valence-corrected chi connectivity index (χ3v) is 4.51. The van der Waals surface area contributed by atoms with E-state index in [2.05, 4.69) is 83.6 Å². The van der Waals surface area contributed by atoms with Gasteiger partial charge in [0.15, 0.2) is 0 Å². The summed E-state index contributed by atoms with van der Waals surface area (Å²) in [6.07, 6.45) is 0.985. The lowest BCUT2D eigenvalue weighted by Gasteiger charge is -2.18. The molecule has 0 heterocycles. The Kier molecular flexibility index (Phi) is 5.38. The molecule has 2 heteroatoms. The average Bonchev–Trinajstić information content (AvgIpc) is 2.46. The maximum Gasteiger partial charge on any atom is 0.0358 e. The summed E-state index contributed by atoms with van der Waals surface area (Å²) < 4.78 is 1.18. The van der Waals surface area contributed by atoms with E-state index >= 15 is 0 Å². The highest BCUT2D eigenvalue weighted by Gasteiger charge is 2.12. The van der Waals surface area contributed by atoms with Gasteiger partial charge in [-0.3, -0.25) is 0 Å². The Bertz CT molecular complexity index is 546. The second kappa shape index (κ2) is 7.05. The lowest BCUT2D eigenvalue weighted by atomic mass is 9.95. The van der Waals surface area contributed by atoms with Crippen LogP contribution in [0.4, 0.5) is 0 Å². The predicted molar refractivity (Wildman–Crippen MR) is 90.2 cm³/mol. The smallest absolute Gasteiger partial charge is 0.0358 e. The van der Waals surface area contributed by atoms with Crippen LogP contribution in [0.15, 0.2) is 53.0 Å². The van der Waals surface area contributed by atoms with E-state index in [0.29, 0.717) is 12.0 Å². The highest BCUT2D eigenvalue weighted by Crippen LogP contribution is 2.25. The molecular weight excluding hydrogens is 310 g/mol. The van der Waals surface area contributed by atoms with Gasteiger partial charge in [-0.25, -0.2) is 0 Å². The van der Waals surface area contributed by atoms with Gasteiger partial charge in [0.2, 0.25) is 0 Å². The molecule has 20 heavy (non-hydrogen) atoms. The van der Waals surface area contributed by atoms with Crippen LogP contribution in [-0.2, 0) is 6.42 Å². The molecule has 0 aliphatic rings. The fourth-order valence-corrected chi connectivity index (χ4v) is 2.83. The molecule has 1 nitrogen and oxygen atoms in total. The first-order valence-corrected chi connectivity index (χ1v) is 7.91. The number of nitrogens with one attached hydrogen (secondary N) is 1. The van der Waals surface area contributed by atoms with Gasteiger partial charge in [-0.1, -0.05) is 72.2 Å². The normalized spacial score (nSPS) is 12.7. The molecule has 1 atom stereocenters. The van der Waals surface area contributed by atoms with E-state index in [1.54, 1.807) is 0 Å². The molecular formula is C18H22BrN. The van der Waals surface area contributed by atoms with Crippen molar-refractivity contribution in [2.24, 2.45) is 0 Å². The Morgan fingerprint density at radius 3 is 2.10 bits per heavy atom. The van der Waals surface area contributed by atoms with Crippen LogP contribution in [0.25, 0.3) is 0 Å². The van der Waals surface area contributed by atoms with Crippen LogP contribution in [0.2, 0.25) is 0 Å². The Balaban J connectivity index is 2.18. The molecule has 1 unspecified atom stereocenters. The SMILES string of the molecule is CNC(Cc1ccccc1Br)c1ccc(C(C)C)cc1. The maximum atomic E-state index is 3.63. The van der Waals surface area contributed by atoms with Crippen molar-refractivity contribution in [2.75, 3.05) is 7.05 Å². The van der Waals surface area contributed by atoms with Crippen molar-refractivity contribution in [2.45, 2.75) is 32.2 Å². The van der Waals surface area contributed by atoms with Crippen molar-refractivity contribution in [3.8, 4) is 0 Å². The zero-order valence-corrected chi connectivity index (χ0v) is 13.9. The predicted octanol–water partition coefficient (Wildman–Crippen LogP) is 5.08.